The number of nitrogens with zero attached hydrogens (tertiary/aromatic N) is 3. The highest BCUT2D eigenvalue weighted by Gasteiger charge is 2.28. The van der Waals surface area contributed by atoms with E-state index < -0.39 is 10.0 Å². The van der Waals surface area contributed by atoms with Crippen LogP contribution < -0.4 is 5.32 Å². The molecule has 4 rings (SSSR count). The first-order valence-corrected chi connectivity index (χ1v) is 11.2. The number of benzene rings is 2. The summed E-state index contributed by atoms with van der Waals surface area (Å²) in [4.78, 5) is 0.333. The minimum absolute atomic E-state index is 0.333. The van der Waals surface area contributed by atoms with Gasteiger partial charge >= 0.3 is 0 Å². The van der Waals surface area contributed by atoms with Gasteiger partial charge in [0.15, 0.2) is 5.82 Å². The van der Waals surface area contributed by atoms with Crippen LogP contribution in [0.1, 0.15) is 18.4 Å². The topological polar surface area (TPSA) is 75.2 Å². The quantitative estimate of drug-likeness (QED) is 0.641. The summed E-state index contributed by atoms with van der Waals surface area (Å²) >= 11 is 6.00. The van der Waals surface area contributed by atoms with Crippen LogP contribution in [0.3, 0.4) is 0 Å². The van der Waals surface area contributed by atoms with Crippen LogP contribution in [0.4, 0.5) is 11.5 Å². The maximum atomic E-state index is 13.0. The van der Waals surface area contributed by atoms with E-state index in [0.717, 1.165) is 29.7 Å². The van der Waals surface area contributed by atoms with E-state index in [1.807, 2.05) is 37.3 Å². The zero-order chi connectivity index (χ0) is 20.4. The zero-order valence-electron chi connectivity index (χ0n) is 16.0. The van der Waals surface area contributed by atoms with Crippen molar-refractivity contribution in [3.05, 3.63) is 65.2 Å². The number of aryl methyl sites for hydroxylation is 1. The number of sulfonamides is 1. The third-order valence-corrected chi connectivity index (χ3v) is 7.20. The van der Waals surface area contributed by atoms with Gasteiger partial charge in [0.25, 0.3) is 0 Å². The molecular formula is C21H21ClN4O2S. The molecule has 3 aromatic rings. The number of aromatic nitrogens is 2. The maximum Gasteiger partial charge on any atom is 0.243 e. The van der Waals surface area contributed by atoms with Gasteiger partial charge in [-0.15, -0.1) is 10.2 Å². The number of rotatable bonds is 5. The van der Waals surface area contributed by atoms with Crippen molar-refractivity contribution in [1.82, 2.24) is 14.5 Å². The predicted molar refractivity (Wildman–Crippen MR) is 115 cm³/mol. The number of nitrogens with one attached hydrogen (secondary N) is 1. The van der Waals surface area contributed by atoms with Crippen molar-refractivity contribution in [3.8, 4) is 11.3 Å². The largest absolute Gasteiger partial charge is 0.339 e. The lowest BCUT2D eigenvalue weighted by molar-refractivity contribution is 0.477. The van der Waals surface area contributed by atoms with Gasteiger partial charge < -0.3 is 5.32 Å². The highest BCUT2D eigenvalue weighted by molar-refractivity contribution is 7.89. The molecule has 0 spiro atoms. The van der Waals surface area contributed by atoms with Crippen LogP contribution in [-0.2, 0) is 10.0 Å². The van der Waals surface area contributed by atoms with Crippen LogP contribution in [0.25, 0.3) is 11.3 Å². The predicted octanol–water partition coefficient (Wildman–Crippen LogP) is 4.63. The first kappa shape index (κ1) is 19.8. The van der Waals surface area contributed by atoms with E-state index in [9.17, 15) is 8.42 Å². The minimum Gasteiger partial charge on any atom is -0.339 e. The third kappa shape index (κ3) is 4.27. The molecule has 2 heterocycles. The van der Waals surface area contributed by atoms with E-state index in [0.29, 0.717) is 34.5 Å². The van der Waals surface area contributed by atoms with Gasteiger partial charge in [-0.1, -0.05) is 29.8 Å². The van der Waals surface area contributed by atoms with Gasteiger partial charge in [-0.2, -0.15) is 4.31 Å². The first-order chi connectivity index (χ1) is 13.9. The molecule has 1 aromatic heterocycles. The van der Waals surface area contributed by atoms with Gasteiger partial charge in [0.1, 0.15) is 0 Å². The normalized spacial score (nSPS) is 14.8. The van der Waals surface area contributed by atoms with Crippen molar-refractivity contribution in [2.45, 2.75) is 24.7 Å². The number of hydrogen-bond acceptors (Lipinski definition) is 5. The molecule has 1 saturated heterocycles. The van der Waals surface area contributed by atoms with Crippen LogP contribution >= 0.6 is 11.6 Å². The highest BCUT2D eigenvalue weighted by atomic mass is 35.5. The van der Waals surface area contributed by atoms with E-state index in [4.69, 9.17) is 11.6 Å². The molecule has 1 aliphatic rings. The smallest absolute Gasteiger partial charge is 0.243 e. The lowest BCUT2D eigenvalue weighted by atomic mass is 10.1. The van der Waals surface area contributed by atoms with Crippen molar-refractivity contribution in [3.63, 3.8) is 0 Å². The summed E-state index contributed by atoms with van der Waals surface area (Å²) in [5, 5.41) is 12.2. The second-order valence-corrected chi connectivity index (χ2v) is 9.37. The standard InChI is InChI=1S/C21H21ClN4O2S/c1-15-7-8-16(13-20(15)29(27,28)26-11-2-3-12-26)19-9-10-21(25-24-19)23-18-6-4-5-17(22)14-18/h4-10,13-14H,2-3,11-12H2,1H3,(H,23,25). The van der Waals surface area contributed by atoms with Gasteiger partial charge in [-0.25, -0.2) is 8.42 Å². The summed E-state index contributed by atoms with van der Waals surface area (Å²) in [6, 6.07) is 16.3. The van der Waals surface area contributed by atoms with Crippen LogP contribution in [0, 0.1) is 6.92 Å². The molecule has 0 atom stereocenters. The Morgan fingerprint density at radius 1 is 1.00 bits per heavy atom. The van der Waals surface area contributed by atoms with E-state index >= 15 is 0 Å². The Morgan fingerprint density at radius 3 is 2.48 bits per heavy atom. The second kappa shape index (κ2) is 8.10. The number of anilines is 2. The van der Waals surface area contributed by atoms with Crippen molar-refractivity contribution in [2.75, 3.05) is 18.4 Å². The van der Waals surface area contributed by atoms with Crippen molar-refractivity contribution in [2.24, 2.45) is 0 Å². The molecule has 1 aliphatic heterocycles. The highest BCUT2D eigenvalue weighted by Crippen LogP contribution is 2.28. The van der Waals surface area contributed by atoms with Gasteiger partial charge in [-0.3, -0.25) is 0 Å². The molecular weight excluding hydrogens is 408 g/mol. The molecule has 6 nitrogen and oxygen atoms in total. The van der Waals surface area contributed by atoms with Gasteiger partial charge in [0.2, 0.25) is 10.0 Å². The number of hydrogen-bond donors (Lipinski definition) is 1. The maximum absolute atomic E-state index is 13.0. The summed E-state index contributed by atoms with van der Waals surface area (Å²) in [7, 11) is -3.49. The Kier molecular flexibility index (Phi) is 5.54. The fraction of sp³-hybridized carbons (Fsp3) is 0.238. The van der Waals surface area contributed by atoms with E-state index in [1.54, 1.807) is 28.6 Å². The Balaban J connectivity index is 1.60. The summed E-state index contributed by atoms with van der Waals surface area (Å²) < 4.78 is 27.5. The fourth-order valence-electron chi connectivity index (χ4n) is 3.37. The molecule has 0 amide bonds. The minimum atomic E-state index is -3.49. The molecule has 1 fully saturated rings. The second-order valence-electron chi connectivity index (χ2n) is 7.03. The van der Waals surface area contributed by atoms with Crippen molar-refractivity contribution in [1.29, 1.82) is 0 Å². The molecule has 0 aliphatic carbocycles. The average Bonchev–Trinajstić information content (AvgIpc) is 3.25. The van der Waals surface area contributed by atoms with Crippen LogP contribution in [0.5, 0.6) is 0 Å². The Morgan fingerprint density at radius 2 is 1.79 bits per heavy atom. The molecule has 1 N–H and O–H groups in total. The lowest BCUT2D eigenvalue weighted by Gasteiger charge is -2.17. The molecule has 2 aromatic carbocycles. The zero-order valence-corrected chi connectivity index (χ0v) is 17.5. The SMILES string of the molecule is Cc1ccc(-c2ccc(Nc3cccc(Cl)c3)nn2)cc1S(=O)(=O)N1CCCC1. The van der Waals surface area contributed by atoms with Gasteiger partial charge in [0.05, 0.1) is 10.6 Å². The van der Waals surface area contributed by atoms with Crippen LogP contribution in [0.15, 0.2) is 59.5 Å². The van der Waals surface area contributed by atoms with E-state index in [2.05, 4.69) is 15.5 Å². The Bertz CT molecular complexity index is 1130. The summed E-state index contributed by atoms with van der Waals surface area (Å²) in [5.41, 5.74) is 2.87. The van der Waals surface area contributed by atoms with Crippen LogP contribution in [0.2, 0.25) is 5.02 Å². The molecule has 0 unspecified atom stereocenters. The fourth-order valence-corrected chi connectivity index (χ4v) is 5.33. The Hall–Kier alpha value is -2.48. The lowest BCUT2D eigenvalue weighted by Crippen LogP contribution is -2.28. The van der Waals surface area contributed by atoms with Crippen molar-refractivity contribution >= 4 is 33.1 Å². The monoisotopic (exact) mass is 428 g/mol. The summed E-state index contributed by atoms with van der Waals surface area (Å²) in [6.45, 7) is 2.97. The Labute approximate surface area is 175 Å². The van der Waals surface area contributed by atoms with Crippen molar-refractivity contribution < 1.29 is 8.42 Å². The third-order valence-electron chi connectivity index (χ3n) is 4.93. The summed E-state index contributed by atoms with van der Waals surface area (Å²) in [5.74, 6) is 0.577. The van der Waals surface area contributed by atoms with Gasteiger partial charge in [-0.05, 0) is 61.7 Å². The molecule has 0 radical (unpaired) electrons. The molecule has 29 heavy (non-hydrogen) atoms. The van der Waals surface area contributed by atoms with E-state index in [1.165, 1.54) is 0 Å². The number of halogens is 1. The summed E-state index contributed by atoms with van der Waals surface area (Å²) in [6.07, 6.45) is 1.81. The first-order valence-electron chi connectivity index (χ1n) is 9.41. The molecule has 8 heteroatoms. The molecule has 0 saturated carbocycles. The van der Waals surface area contributed by atoms with Gasteiger partial charge in [0, 0.05) is 29.4 Å². The molecule has 150 valence electrons. The van der Waals surface area contributed by atoms with Crippen LogP contribution in [-0.4, -0.2) is 36.0 Å². The average molecular weight is 429 g/mol. The molecule has 0 bridgehead atoms. The van der Waals surface area contributed by atoms with E-state index in [-0.39, 0.29) is 0 Å².